The van der Waals surface area contributed by atoms with Crippen molar-refractivity contribution in [3.63, 3.8) is 0 Å². The van der Waals surface area contributed by atoms with E-state index >= 15 is 0 Å². The molecule has 1 aliphatic heterocycles. The van der Waals surface area contributed by atoms with E-state index < -0.39 is 10.8 Å². The summed E-state index contributed by atoms with van der Waals surface area (Å²) < 4.78 is 21.1. The number of amides is 1. The van der Waals surface area contributed by atoms with Gasteiger partial charge in [0.15, 0.2) is 11.5 Å². The summed E-state index contributed by atoms with van der Waals surface area (Å²) in [6, 6.07) is 7.53. The molecule has 32 heavy (non-hydrogen) atoms. The van der Waals surface area contributed by atoms with Crippen LogP contribution < -0.4 is 24.5 Å². The molecule has 11 nitrogen and oxygen atoms in total. The first kappa shape index (κ1) is 22.8. The summed E-state index contributed by atoms with van der Waals surface area (Å²) in [7, 11) is 4.37. The summed E-state index contributed by atoms with van der Waals surface area (Å²) in [4.78, 5) is 25.4. The minimum atomic E-state index is -0.515. The predicted octanol–water partition coefficient (Wildman–Crippen LogP) is 2.22. The normalized spacial score (nSPS) is 13.7. The Morgan fingerprint density at radius 3 is 2.34 bits per heavy atom. The van der Waals surface area contributed by atoms with Gasteiger partial charge in [-0.15, -0.1) is 0 Å². The first-order valence-electron chi connectivity index (χ1n) is 9.73. The zero-order chi connectivity index (χ0) is 23.1. The van der Waals surface area contributed by atoms with Crippen molar-refractivity contribution in [2.24, 2.45) is 5.10 Å². The van der Waals surface area contributed by atoms with Crippen LogP contribution in [0.2, 0.25) is 0 Å². The number of rotatable bonds is 8. The van der Waals surface area contributed by atoms with E-state index in [2.05, 4.69) is 15.4 Å². The summed E-state index contributed by atoms with van der Waals surface area (Å²) in [6.07, 6.45) is 1.38. The first-order valence-corrected chi connectivity index (χ1v) is 9.73. The summed E-state index contributed by atoms with van der Waals surface area (Å²) in [5.41, 5.74) is 3.88. The van der Waals surface area contributed by atoms with E-state index in [9.17, 15) is 14.9 Å². The Bertz CT molecular complexity index is 994. The van der Waals surface area contributed by atoms with E-state index in [4.69, 9.17) is 18.9 Å². The van der Waals surface area contributed by atoms with Gasteiger partial charge in [0.2, 0.25) is 5.75 Å². The zero-order valence-electron chi connectivity index (χ0n) is 18.0. The standard InChI is InChI=1S/C21H24N4O7/c1-29-18-11-14(12-19(30-2)20(18)31-3)21(26)23-22-13-15-10-16(25(27)28)4-5-17(15)24-6-8-32-9-7-24/h4-5,10-13H,6-9H2,1-3H3,(H,23,26)/b22-13-. The van der Waals surface area contributed by atoms with E-state index in [0.717, 1.165) is 5.69 Å². The SMILES string of the molecule is COc1cc(C(=O)N/N=C\c2cc([N+](=O)[O-])ccc2N2CCOCC2)cc(OC)c1OC. The molecule has 0 unspecified atom stereocenters. The van der Waals surface area contributed by atoms with Gasteiger partial charge in [-0.05, 0) is 18.2 Å². The molecule has 0 atom stereocenters. The van der Waals surface area contributed by atoms with Gasteiger partial charge >= 0.3 is 0 Å². The number of methoxy groups -OCH3 is 3. The summed E-state index contributed by atoms with van der Waals surface area (Å²) in [6.45, 7) is 2.42. The number of hydrogen-bond donors (Lipinski definition) is 1. The van der Waals surface area contributed by atoms with Gasteiger partial charge in [0.1, 0.15) is 0 Å². The van der Waals surface area contributed by atoms with E-state index in [1.54, 1.807) is 6.07 Å². The summed E-state index contributed by atoms with van der Waals surface area (Å²) >= 11 is 0. The molecule has 1 fully saturated rings. The number of nitrogens with one attached hydrogen (secondary N) is 1. The number of carbonyl (C=O) groups excluding carboxylic acids is 1. The van der Waals surface area contributed by atoms with Crippen LogP contribution in [-0.4, -0.2) is 64.7 Å². The number of nitro groups is 1. The second-order valence-corrected chi connectivity index (χ2v) is 6.71. The molecule has 2 aromatic rings. The quantitative estimate of drug-likeness (QED) is 0.373. The lowest BCUT2D eigenvalue weighted by atomic mass is 10.1. The zero-order valence-corrected chi connectivity index (χ0v) is 18.0. The van der Waals surface area contributed by atoms with Crippen molar-refractivity contribution in [3.8, 4) is 17.2 Å². The molecule has 0 bridgehead atoms. The van der Waals surface area contributed by atoms with Crippen LogP contribution in [0.4, 0.5) is 11.4 Å². The highest BCUT2D eigenvalue weighted by molar-refractivity contribution is 5.97. The second-order valence-electron chi connectivity index (χ2n) is 6.71. The van der Waals surface area contributed by atoms with E-state index in [-0.39, 0.29) is 11.3 Å². The highest BCUT2D eigenvalue weighted by atomic mass is 16.6. The third kappa shape index (κ3) is 5.06. The summed E-state index contributed by atoms with van der Waals surface area (Å²) in [5.74, 6) is 0.504. The van der Waals surface area contributed by atoms with Crippen molar-refractivity contribution < 1.29 is 28.7 Å². The van der Waals surface area contributed by atoms with E-state index in [0.29, 0.717) is 49.1 Å². The van der Waals surface area contributed by atoms with Gasteiger partial charge in [0, 0.05) is 42.0 Å². The fourth-order valence-corrected chi connectivity index (χ4v) is 3.29. The second kappa shape index (κ2) is 10.4. The van der Waals surface area contributed by atoms with Crippen LogP contribution in [0, 0.1) is 10.1 Å². The maximum Gasteiger partial charge on any atom is 0.271 e. The number of morpholine rings is 1. The monoisotopic (exact) mass is 444 g/mol. The molecule has 0 spiro atoms. The van der Waals surface area contributed by atoms with Gasteiger partial charge in [0.25, 0.3) is 11.6 Å². The van der Waals surface area contributed by atoms with Crippen LogP contribution in [0.1, 0.15) is 15.9 Å². The first-order chi connectivity index (χ1) is 15.5. The Balaban J connectivity index is 1.84. The third-order valence-electron chi connectivity index (χ3n) is 4.87. The largest absolute Gasteiger partial charge is 0.493 e. The van der Waals surface area contributed by atoms with Crippen molar-refractivity contribution >= 4 is 23.5 Å². The molecule has 1 saturated heterocycles. The number of benzene rings is 2. The number of nitro benzene ring substituents is 1. The molecule has 11 heteroatoms. The minimum Gasteiger partial charge on any atom is -0.493 e. The predicted molar refractivity (Wildman–Crippen MR) is 117 cm³/mol. The van der Waals surface area contributed by atoms with Gasteiger partial charge in [-0.2, -0.15) is 5.10 Å². The van der Waals surface area contributed by atoms with Gasteiger partial charge < -0.3 is 23.8 Å². The van der Waals surface area contributed by atoms with Crippen molar-refractivity contribution in [2.45, 2.75) is 0 Å². The smallest absolute Gasteiger partial charge is 0.271 e. The molecule has 0 aromatic heterocycles. The maximum atomic E-state index is 12.6. The lowest BCUT2D eigenvalue weighted by Gasteiger charge is -2.29. The average molecular weight is 444 g/mol. The Morgan fingerprint density at radius 1 is 1.12 bits per heavy atom. The number of anilines is 1. The van der Waals surface area contributed by atoms with Crippen LogP contribution >= 0.6 is 0 Å². The molecular formula is C21H24N4O7. The van der Waals surface area contributed by atoms with Crippen LogP contribution in [0.25, 0.3) is 0 Å². The highest BCUT2D eigenvalue weighted by Gasteiger charge is 2.18. The number of nitrogens with zero attached hydrogens (tertiary/aromatic N) is 3. The maximum absolute atomic E-state index is 12.6. The molecule has 3 rings (SSSR count). The Hall–Kier alpha value is -3.86. The number of hydrogen-bond acceptors (Lipinski definition) is 9. The molecule has 0 saturated carbocycles. The lowest BCUT2D eigenvalue weighted by molar-refractivity contribution is -0.384. The minimum absolute atomic E-state index is 0.0700. The lowest BCUT2D eigenvalue weighted by Crippen LogP contribution is -2.36. The van der Waals surface area contributed by atoms with Gasteiger partial charge in [-0.3, -0.25) is 14.9 Å². The fraction of sp³-hybridized carbons (Fsp3) is 0.333. The van der Waals surface area contributed by atoms with Gasteiger partial charge in [-0.25, -0.2) is 5.43 Å². The Kier molecular flexibility index (Phi) is 7.45. The molecule has 0 aliphatic carbocycles. The van der Waals surface area contributed by atoms with Crippen LogP contribution in [0.5, 0.6) is 17.2 Å². The Labute approximate surface area is 184 Å². The molecule has 1 heterocycles. The highest BCUT2D eigenvalue weighted by Crippen LogP contribution is 2.38. The van der Waals surface area contributed by atoms with E-state index in [1.807, 2.05) is 0 Å². The summed E-state index contributed by atoms with van der Waals surface area (Å²) in [5, 5.41) is 15.2. The molecule has 170 valence electrons. The van der Waals surface area contributed by atoms with Crippen LogP contribution in [-0.2, 0) is 4.74 Å². The van der Waals surface area contributed by atoms with E-state index in [1.165, 1.54) is 51.8 Å². The molecular weight excluding hydrogens is 420 g/mol. The fourth-order valence-electron chi connectivity index (χ4n) is 3.29. The van der Waals surface area contributed by atoms with Crippen molar-refractivity contribution in [1.82, 2.24) is 5.43 Å². The third-order valence-corrected chi connectivity index (χ3v) is 4.87. The molecule has 0 radical (unpaired) electrons. The van der Waals surface area contributed by atoms with Crippen LogP contribution in [0.15, 0.2) is 35.4 Å². The molecule has 1 aliphatic rings. The average Bonchev–Trinajstić information content (AvgIpc) is 2.83. The molecule has 2 aromatic carbocycles. The van der Waals surface area contributed by atoms with Crippen molar-refractivity contribution in [1.29, 1.82) is 0 Å². The Morgan fingerprint density at radius 2 is 1.78 bits per heavy atom. The topological polar surface area (TPSA) is 125 Å². The molecule has 1 amide bonds. The molecule has 1 N–H and O–H groups in total. The number of carbonyl (C=O) groups is 1. The number of non-ortho nitro benzene ring substituents is 1. The van der Waals surface area contributed by atoms with Gasteiger partial charge in [-0.1, -0.05) is 0 Å². The van der Waals surface area contributed by atoms with Crippen molar-refractivity contribution in [3.05, 3.63) is 51.6 Å². The van der Waals surface area contributed by atoms with Crippen LogP contribution in [0.3, 0.4) is 0 Å². The van der Waals surface area contributed by atoms with Crippen molar-refractivity contribution in [2.75, 3.05) is 52.5 Å². The number of hydrazone groups is 1. The number of ether oxygens (including phenoxy) is 4. The van der Waals surface area contributed by atoms with Gasteiger partial charge in [0.05, 0.1) is 45.7 Å².